The second kappa shape index (κ2) is 11.5. The van der Waals surface area contributed by atoms with E-state index in [2.05, 4.69) is 23.3 Å². The topological polar surface area (TPSA) is 105 Å². The number of methoxy groups -OCH3 is 2. The number of aryl methyl sites for hydroxylation is 2. The van der Waals surface area contributed by atoms with Gasteiger partial charge in [0, 0.05) is 42.4 Å². The first-order valence-electron chi connectivity index (χ1n) is 14.3. The van der Waals surface area contributed by atoms with Gasteiger partial charge in [0.05, 0.1) is 13.2 Å². The molecule has 0 aromatic heterocycles. The minimum Gasteiger partial charge on any atom is -0.493 e. The first-order chi connectivity index (χ1) is 20.6. The molecule has 230 valence electrons. The molecule has 3 atom stereocenters. The Balaban J connectivity index is 1.43. The van der Waals surface area contributed by atoms with E-state index in [1.54, 1.807) is 45.4 Å². The van der Waals surface area contributed by atoms with Crippen molar-refractivity contribution < 1.29 is 36.3 Å². The standard InChI is InChI=1S/C32H38N2O8S/c1-18-7-9-24(10-8-18)43(35,36)42-30-20(3)31-26(39-17-41-31)14-22(30)13-25-28-27-21(12-23(15-33-25)34(28)4)11-19(2)29(38-6)32(27)40-16-37-5/h7-11,14,23,25,28,33H,12-13,15-17H2,1-6H3/t23-,25-,28-/m0/s1. The van der Waals surface area contributed by atoms with Crippen LogP contribution in [0, 0.1) is 20.8 Å². The Labute approximate surface area is 252 Å². The molecule has 1 N–H and O–H groups in total. The molecular formula is C32H38N2O8S. The van der Waals surface area contributed by atoms with Gasteiger partial charge in [0.2, 0.25) is 6.79 Å². The van der Waals surface area contributed by atoms with Crippen molar-refractivity contribution in [3.8, 4) is 28.7 Å². The summed E-state index contributed by atoms with van der Waals surface area (Å²) in [5.41, 5.74) is 5.49. The Hall–Kier alpha value is -3.51. The highest BCUT2D eigenvalue weighted by molar-refractivity contribution is 7.87. The van der Waals surface area contributed by atoms with Gasteiger partial charge in [-0.1, -0.05) is 23.8 Å². The Morgan fingerprint density at radius 1 is 1.02 bits per heavy atom. The molecule has 43 heavy (non-hydrogen) atoms. The molecule has 0 spiro atoms. The summed E-state index contributed by atoms with van der Waals surface area (Å²) in [5, 5.41) is 3.75. The van der Waals surface area contributed by atoms with Crippen molar-refractivity contribution >= 4 is 10.1 Å². The maximum absolute atomic E-state index is 13.5. The van der Waals surface area contributed by atoms with Crippen LogP contribution in [0.3, 0.4) is 0 Å². The zero-order valence-electron chi connectivity index (χ0n) is 25.4. The zero-order chi connectivity index (χ0) is 30.5. The molecule has 3 aromatic rings. The van der Waals surface area contributed by atoms with Crippen LogP contribution in [0.1, 0.15) is 39.4 Å². The van der Waals surface area contributed by atoms with Crippen molar-refractivity contribution in [2.75, 3.05) is 41.4 Å². The molecule has 10 nitrogen and oxygen atoms in total. The number of nitrogens with zero attached hydrogens (tertiary/aromatic N) is 1. The molecule has 3 aliphatic heterocycles. The average Bonchev–Trinajstić information content (AvgIpc) is 3.44. The lowest BCUT2D eigenvalue weighted by Gasteiger charge is -2.50. The van der Waals surface area contributed by atoms with Gasteiger partial charge in [-0.05, 0) is 70.0 Å². The molecule has 0 unspecified atom stereocenters. The number of piperazine rings is 1. The fourth-order valence-corrected chi connectivity index (χ4v) is 7.61. The number of ether oxygens (including phenoxy) is 5. The van der Waals surface area contributed by atoms with Crippen LogP contribution in [-0.4, -0.2) is 66.8 Å². The summed E-state index contributed by atoms with van der Waals surface area (Å²) in [6.07, 6.45) is 1.32. The monoisotopic (exact) mass is 610 g/mol. The highest BCUT2D eigenvalue weighted by atomic mass is 32.2. The van der Waals surface area contributed by atoms with Crippen LogP contribution in [0.15, 0.2) is 41.3 Å². The molecule has 0 radical (unpaired) electrons. The number of hydrogen-bond acceptors (Lipinski definition) is 10. The van der Waals surface area contributed by atoms with Gasteiger partial charge in [0.25, 0.3) is 0 Å². The normalized spacial score (nSPS) is 20.9. The third kappa shape index (κ3) is 5.28. The molecular weight excluding hydrogens is 572 g/mol. The van der Waals surface area contributed by atoms with E-state index in [1.165, 1.54) is 5.56 Å². The Kier molecular flexibility index (Phi) is 7.93. The van der Waals surface area contributed by atoms with Crippen LogP contribution in [0.5, 0.6) is 28.7 Å². The molecule has 0 aliphatic carbocycles. The van der Waals surface area contributed by atoms with Gasteiger partial charge in [-0.3, -0.25) is 4.90 Å². The summed E-state index contributed by atoms with van der Waals surface area (Å²) in [7, 11) is 1.25. The Bertz CT molecular complexity index is 1640. The highest BCUT2D eigenvalue weighted by Crippen LogP contribution is 2.49. The zero-order valence-corrected chi connectivity index (χ0v) is 26.2. The van der Waals surface area contributed by atoms with Gasteiger partial charge < -0.3 is 33.2 Å². The van der Waals surface area contributed by atoms with Crippen molar-refractivity contribution in [2.45, 2.75) is 56.6 Å². The number of benzene rings is 3. The first-order valence-corrected chi connectivity index (χ1v) is 15.7. The quantitative estimate of drug-likeness (QED) is 0.280. The van der Waals surface area contributed by atoms with Crippen molar-refractivity contribution in [1.29, 1.82) is 0 Å². The van der Waals surface area contributed by atoms with E-state index in [1.807, 2.05) is 19.9 Å². The lowest BCUT2D eigenvalue weighted by Crippen LogP contribution is -2.60. The maximum Gasteiger partial charge on any atom is 0.339 e. The van der Waals surface area contributed by atoms with Gasteiger partial charge in [-0.15, -0.1) is 0 Å². The van der Waals surface area contributed by atoms with Crippen LogP contribution in [0.4, 0.5) is 0 Å². The third-order valence-electron chi connectivity index (χ3n) is 8.70. The summed E-state index contributed by atoms with van der Waals surface area (Å²) in [4.78, 5) is 2.46. The van der Waals surface area contributed by atoms with Crippen molar-refractivity contribution in [2.24, 2.45) is 0 Å². The second-order valence-corrected chi connectivity index (χ2v) is 13.0. The van der Waals surface area contributed by atoms with Crippen molar-refractivity contribution in [3.63, 3.8) is 0 Å². The summed E-state index contributed by atoms with van der Waals surface area (Å²) in [6.45, 7) is 6.65. The largest absolute Gasteiger partial charge is 0.493 e. The number of hydrogen-bond donors (Lipinski definition) is 1. The molecule has 3 aliphatic rings. The van der Waals surface area contributed by atoms with Gasteiger partial charge in [0.15, 0.2) is 35.5 Å². The van der Waals surface area contributed by atoms with Gasteiger partial charge >= 0.3 is 10.1 Å². The molecule has 1 fully saturated rings. The average molecular weight is 611 g/mol. The Morgan fingerprint density at radius 3 is 2.51 bits per heavy atom. The molecule has 6 rings (SSSR count). The summed E-state index contributed by atoms with van der Waals surface area (Å²) < 4.78 is 61.6. The summed E-state index contributed by atoms with van der Waals surface area (Å²) in [5.74, 6) is 2.66. The molecule has 3 heterocycles. The molecule has 0 amide bonds. The third-order valence-corrected chi connectivity index (χ3v) is 9.93. The number of likely N-dealkylation sites (N-methyl/N-ethyl adjacent to an activating group) is 1. The predicted molar refractivity (Wildman–Crippen MR) is 160 cm³/mol. The highest BCUT2D eigenvalue weighted by Gasteiger charge is 2.44. The Morgan fingerprint density at radius 2 is 1.79 bits per heavy atom. The second-order valence-electron chi connectivity index (χ2n) is 11.4. The van der Waals surface area contributed by atoms with Crippen LogP contribution < -0.4 is 28.4 Å². The van der Waals surface area contributed by atoms with E-state index in [-0.39, 0.29) is 42.4 Å². The van der Waals surface area contributed by atoms with E-state index in [0.717, 1.165) is 29.7 Å². The van der Waals surface area contributed by atoms with Gasteiger partial charge in [-0.25, -0.2) is 0 Å². The van der Waals surface area contributed by atoms with Crippen LogP contribution in [-0.2, 0) is 27.7 Å². The summed E-state index contributed by atoms with van der Waals surface area (Å²) >= 11 is 0. The van der Waals surface area contributed by atoms with Gasteiger partial charge in [-0.2, -0.15) is 8.42 Å². The molecule has 1 saturated heterocycles. The van der Waals surface area contributed by atoms with Crippen molar-refractivity contribution in [3.05, 3.63) is 69.8 Å². The lowest BCUT2D eigenvalue weighted by atomic mass is 9.79. The van der Waals surface area contributed by atoms with E-state index >= 15 is 0 Å². The molecule has 11 heteroatoms. The lowest BCUT2D eigenvalue weighted by molar-refractivity contribution is 0.0393. The smallest absolute Gasteiger partial charge is 0.339 e. The first kappa shape index (κ1) is 29.6. The van der Waals surface area contributed by atoms with Crippen LogP contribution in [0.25, 0.3) is 0 Å². The van der Waals surface area contributed by atoms with E-state index in [0.29, 0.717) is 40.5 Å². The molecule has 3 aromatic carbocycles. The van der Waals surface area contributed by atoms with Crippen LogP contribution >= 0.6 is 0 Å². The van der Waals surface area contributed by atoms with E-state index in [9.17, 15) is 8.42 Å². The number of rotatable bonds is 9. The minimum atomic E-state index is -4.12. The predicted octanol–water partition coefficient (Wildman–Crippen LogP) is 4.21. The summed E-state index contributed by atoms with van der Waals surface area (Å²) in [6, 6.07) is 10.7. The van der Waals surface area contributed by atoms with E-state index in [4.69, 9.17) is 27.9 Å². The fraction of sp³-hybridized carbons (Fsp3) is 0.438. The van der Waals surface area contributed by atoms with E-state index < -0.39 is 10.1 Å². The maximum atomic E-state index is 13.5. The SMILES string of the molecule is COCOc1c(OC)c(C)cc2c1[C@@H]1[C@H](Cc3cc4c(c(C)c3OS(=O)(=O)c3ccc(C)cc3)OCO4)NC[C@H](C2)N1C. The number of nitrogens with one attached hydrogen (secondary N) is 1. The molecule has 0 saturated carbocycles. The fourth-order valence-electron chi connectivity index (χ4n) is 6.60. The molecule has 2 bridgehead atoms. The van der Waals surface area contributed by atoms with Crippen molar-refractivity contribution in [1.82, 2.24) is 10.2 Å². The number of fused-ring (bicyclic) bond motifs is 5. The van der Waals surface area contributed by atoms with Gasteiger partial charge in [0.1, 0.15) is 4.90 Å². The van der Waals surface area contributed by atoms with Crippen LogP contribution in [0.2, 0.25) is 0 Å². The minimum absolute atomic E-state index is 0.0607.